The van der Waals surface area contributed by atoms with Crippen molar-refractivity contribution in [3.8, 4) is 11.3 Å². The van der Waals surface area contributed by atoms with Gasteiger partial charge >= 0.3 is 0 Å². The molecule has 21 heavy (non-hydrogen) atoms. The van der Waals surface area contributed by atoms with Gasteiger partial charge in [0, 0.05) is 23.6 Å². The maximum atomic E-state index is 13.7. The number of aromatic amines is 1. The molecule has 4 rings (SSSR count). The molecule has 104 valence electrons. The van der Waals surface area contributed by atoms with E-state index < -0.39 is 11.6 Å². The minimum Gasteiger partial charge on any atom is -0.336 e. The second-order valence-electron chi connectivity index (χ2n) is 5.01. The predicted octanol–water partition coefficient (Wildman–Crippen LogP) is 4.00. The smallest absolute Gasteiger partial charge is 0.156 e. The number of nitrogens with one attached hydrogen (secondary N) is 2. The lowest BCUT2D eigenvalue weighted by Gasteiger charge is -2.06. The number of fused-ring (bicyclic) bond motifs is 3. The lowest BCUT2D eigenvalue weighted by Crippen LogP contribution is -1.98. The van der Waals surface area contributed by atoms with E-state index in [9.17, 15) is 8.78 Å². The Labute approximate surface area is 119 Å². The van der Waals surface area contributed by atoms with Crippen LogP contribution in [0.2, 0.25) is 0 Å². The first-order chi connectivity index (χ1) is 10.2. The van der Waals surface area contributed by atoms with Gasteiger partial charge in [0.25, 0.3) is 0 Å². The molecule has 0 unspecified atom stereocenters. The zero-order valence-corrected chi connectivity index (χ0v) is 11.0. The predicted molar refractivity (Wildman–Crippen MR) is 76.5 cm³/mol. The minimum absolute atomic E-state index is 0.0836. The maximum absolute atomic E-state index is 13.7. The summed E-state index contributed by atoms with van der Waals surface area (Å²) < 4.78 is 26.9. The van der Waals surface area contributed by atoms with Crippen LogP contribution < -0.4 is 5.32 Å². The van der Waals surface area contributed by atoms with Crippen LogP contribution in [0.15, 0.2) is 42.5 Å². The van der Waals surface area contributed by atoms with Gasteiger partial charge < -0.3 is 5.32 Å². The molecule has 1 heterocycles. The van der Waals surface area contributed by atoms with Crippen molar-refractivity contribution in [1.29, 1.82) is 0 Å². The van der Waals surface area contributed by atoms with E-state index in [4.69, 9.17) is 0 Å². The molecular weight excluding hydrogens is 272 g/mol. The zero-order valence-electron chi connectivity index (χ0n) is 11.0. The summed E-state index contributed by atoms with van der Waals surface area (Å²) >= 11 is 0. The van der Waals surface area contributed by atoms with Gasteiger partial charge in [0.1, 0.15) is 11.6 Å². The fourth-order valence-corrected chi connectivity index (χ4v) is 2.69. The van der Waals surface area contributed by atoms with Gasteiger partial charge in [-0.3, -0.25) is 5.10 Å². The zero-order chi connectivity index (χ0) is 14.4. The molecule has 0 bridgehead atoms. The summed E-state index contributed by atoms with van der Waals surface area (Å²) in [5.74, 6) is -0.469. The van der Waals surface area contributed by atoms with Crippen molar-refractivity contribution in [2.24, 2.45) is 0 Å². The highest BCUT2D eigenvalue weighted by atomic mass is 19.1. The molecule has 0 radical (unpaired) electrons. The number of halogens is 2. The monoisotopic (exact) mass is 283 g/mol. The van der Waals surface area contributed by atoms with E-state index in [1.165, 1.54) is 5.56 Å². The second-order valence-corrected chi connectivity index (χ2v) is 5.01. The van der Waals surface area contributed by atoms with Gasteiger partial charge in [-0.2, -0.15) is 5.10 Å². The summed E-state index contributed by atoms with van der Waals surface area (Å²) in [5.41, 5.74) is 4.29. The van der Waals surface area contributed by atoms with Crippen LogP contribution in [-0.2, 0) is 6.42 Å². The first kappa shape index (κ1) is 12.1. The molecule has 0 aliphatic heterocycles. The molecule has 2 aromatic carbocycles. The number of hydrogen-bond acceptors (Lipinski definition) is 2. The van der Waals surface area contributed by atoms with Crippen LogP contribution in [0.25, 0.3) is 11.3 Å². The molecule has 1 aromatic heterocycles. The van der Waals surface area contributed by atoms with Crippen LogP contribution in [0, 0.1) is 11.6 Å². The Kier molecular flexibility index (Phi) is 2.54. The highest BCUT2D eigenvalue weighted by Gasteiger charge is 2.24. The first-order valence-electron chi connectivity index (χ1n) is 6.60. The number of nitrogens with zero attached hydrogens (tertiary/aromatic N) is 1. The first-order valence-corrected chi connectivity index (χ1v) is 6.60. The average molecular weight is 283 g/mol. The lowest BCUT2D eigenvalue weighted by atomic mass is 10.1. The van der Waals surface area contributed by atoms with Gasteiger partial charge in [0.2, 0.25) is 0 Å². The van der Waals surface area contributed by atoms with Gasteiger partial charge in [-0.25, -0.2) is 8.78 Å². The Morgan fingerprint density at radius 3 is 2.86 bits per heavy atom. The molecule has 0 saturated heterocycles. The molecule has 0 fully saturated rings. The number of hydrogen-bond donors (Lipinski definition) is 2. The largest absolute Gasteiger partial charge is 0.336 e. The van der Waals surface area contributed by atoms with Crippen molar-refractivity contribution in [3.05, 3.63) is 65.2 Å². The van der Waals surface area contributed by atoms with E-state index in [0.717, 1.165) is 41.4 Å². The molecular formula is C16H11F2N3. The number of H-pyrrole nitrogens is 1. The molecule has 5 heteroatoms. The third-order valence-corrected chi connectivity index (χ3v) is 3.70. The van der Waals surface area contributed by atoms with E-state index in [-0.39, 0.29) is 5.69 Å². The van der Waals surface area contributed by atoms with Gasteiger partial charge in [0.15, 0.2) is 5.82 Å². The topological polar surface area (TPSA) is 40.7 Å². The molecule has 3 aromatic rings. The Balaban J connectivity index is 1.73. The molecule has 1 aliphatic carbocycles. The molecule has 0 atom stereocenters. The van der Waals surface area contributed by atoms with Crippen molar-refractivity contribution in [1.82, 2.24) is 10.2 Å². The number of aromatic nitrogens is 2. The van der Waals surface area contributed by atoms with E-state index in [1.807, 2.05) is 18.2 Å². The summed E-state index contributed by atoms with van der Waals surface area (Å²) in [6.07, 6.45) is 0.723. The van der Waals surface area contributed by atoms with Crippen molar-refractivity contribution in [2.75, 3.05) is 5.32 Å². The van der Waals surface area contributed by atoms with E-state index in [0.29, 0.717) is 5.82 Å². The van der Waals surface area contributed by atoms with Crippen LogP contribution >= 0.6 is 0 Å². The normalized spacial score (nSPS) is 12.1. The lowest BCUT2D eigenvalue weighted by molar-refractivity contribution is 0.603. The van der Waals surface area contributed by atoms with Crippen LogP contribution in [-0.4, -0.2) is 10.2 Å². The van der Waals surface area contributed by atoms with Crippen molar-refractivity contribution in [3.63, 3.8) is 0 Å². The quantitative estimate of drug-likeness (QED) is 0.583. The van der Waals surface area contributed by atoms with Crippen molar-refractivity contribution >= 4 is 11.5 Å². The fourth-order valence-electron chi connectivity index (χ4n) is 2.69. The number of anilines is 2. The second kappa shape index (κ2) is 4.41. The van der Waals surface area contributed by atoms with Crippen molar-refractivity contribution < 1.29 is 8.78 Å². The van der Waals surface area contributed by atoms with E-state index in [1.54, 1.807) is 0 Å². The van der Waals surface area contributed by atoms with E-state index >= 15 is 0 Å². The molecule has 2 N–H and O–H groups in total. The molecule has 0 amide bonds. The molecule has 0 spiro atoms. The molecule has 1 aliphatic rings. The number of rotatable bonds is 2. The van der Waals surface area contributed by atoms with Crippen molar-refractivity contribution in [2.45, 2.75) is 6.42 Å². The third-order valence-electron chi connectivity index (χ3n) is 3.70. The van der Waals surface area contributed by atoms with Crippen LogP contribution in [0.3, 0.4) is 0 Å². The summed E-state index contributed by atoms with van der Waals surface area (Å²) in [6, 6.07) is 11.3. The molecule has 3 nitrogen and oxygen atoms in total. The number of benzene rings is 2. The Bertz CT molecular complexity index is 839. The summed E-state index contributed by atoms with van der Waals surface area (Å²) in [5, 5.41) is 10.0. The van der Waals surface area contributed by atoms with Gasteiger partial charge in [-0.1, -0.05) is 24.3 Å². The maximum Gasteiger partial charge on any atom is 0.156 e. The standard InChI is InChI=1S/C16H11F2N3/c17-10-5-6-13(18)14(8-10)19-16-12-7-9-3-1-2-4-11(9)15(12)20-21-16/h1-6,8H,7H2,(H2,19,20,21). The minimum atomic E-state index is -0.510. The van der Waals surface area contributed by atoms with Gasteiger partial charge in [0.05, 0.1) is 11.4 Å². The summed E-state index contributed by atoms with van der Waals surface area (Å²) in [7, 11) is 0. The highest BCUT2D eigenvalue weighted by molar-refractivity contribution is 5.79. The Hall–Kier alpha value is -2.69. The van der Waals surface area contributed by atoms with Crippen LogP contribution in [0.5, 0.6) is 0 Å². The summed E-state index contributed by atoms with van der Waals surface area (Å²) in [6.45, 7) is 0. The van der Waals surface area contributed by atoms with Gasteiger partial charge in [-0.15, -0.1) is 0 Å². The van der Waals surface area contributed by atoms with Crippen LogP contribution in [0.4, 0.5) is 20.3 Å². The highest BCUT2D eigenvalue weighted by Crippen LogP contribution is 2.39. The average Bonchev–Trinajstić information content (AvgIpc) is 3.03. The fraction of sp³-hybridized carbons (Fsp3) is 0.0625. The van der Waals surface area contributed by atoms with Gasteiger partial charge in [-0.05, 0) is 17.7 Å². The van der Waals surface area contributed by atoms with E-state index in [2.05, 4.69) is 21.6 Å². The Morgan fingerprint density at radius 1 is 1.10 bits per heavy atom. The summed E-state index contributed by atoms with van der Waals surface area (Å²) in [4.78, 5) is 0. The SMILES string of the molecule is Fc1ccc(F)c(Nc2n[nH]c3c2Cc2ccccc2-3)c1. The molecule has 0 saturated carbocycles. The third kappa shape index (κ3) is 1.89. The van der Waals surface area contributed by atoms with Crippen LogP contribution in [0.1, 0.15) is 11.1 Å². The Morgan fingerprint density at radius 2 is 1.95 bits per heavy atom.